The van der Waals surface area contributed by atoms with Gasteiger partial charge < -0.3 is 25.7 Å². The summed E-state index contributed by atoms with van der Waals surface area (Å²) in [6, 6.07) is 9.37. The van der Waals surface area contributed by atoms with Crippen LogP contribution in [0.4, 0.5) is 17.5 Å². The zero-order valence-corrected chi connectivity index (χ0v) is 19.5. The molecular weight excluding hydrogens is 430 g/mol. The maximum atomic E-state index is 12.1. The number of ether oxygens (including phenoxy) is 1. The molecule has 1 aromatic heterocycles. The molecule has 34 heavy (non-hydrogen) atoms. The molecule has 3 N–H and O–H groups in total. The first-order valence-electron chi connectivity index (χ1n) is 11.6. The molecule has 1 fully saturated rings. The number of aromatic nitrogens is 2. The van der Waals surface area contributed by atoms with Crippen molar-refractivity contribution in [1.82, 2.24) is 25.7 Å². The summed E-state index contributed by atoms with van der Waals surface area (Å²) in [5.74, 6) is 1.31. The molecule has 176 valence electrons. The number of anilines is 3. The van der Waals surface area contributed by atoms with Gasteiger partial charge in [0, 0.05) is 50.2 Å². The first kappa shape index (κ1) is 22.0. The van der Waals surface area contributed by atoms with E-state index in [4.69, 9.17) is 14.7 Å². The number of benzene rings is 1. The average molecular weight is 460 g/mol. The van der Waals surface area contributed by atoms with Gasteiger partial charge in [0.1, 0.15) is 5.82 Å². The molecule has 0 radical (unpaired) electrons. The molecule has 1 aliphatic carbocycles. The molecule has 9 heteroatoms. The minimum absolute atomic E-state index is 0.0787. The highest BCUT2D eigenvalue weighted by atomic mass is 16.5. The molecule has 5 rings (SSSR count). The van der Waals surface area contributed by atoms with Gasteiger partial charge in [0.15, 0.2) is 0 Å². The Balaban J connectivity index is 1.45. The summed E-state index contributed by atoms with van der Waals surface area (Å²) in [7, 11) is 2.01. The standard InChI is InChI=1S/C25H29N7O2/c1-3-26-24(33)17-6-8-20(9-7-17)28-23-15-21(29-25(30-23)32-10-12-34-13-11-32)18-4-5-19-16-27-31(2)22(19)14-18/h4,6-9,14-16,27H,3,5,10-13H2,1-2H3,(H,26,33)(H,28,29,30). The quantitative estimate of drug-likeness (QED) is 0.607. The van der Waals surface area contributed by atoms with E-state index in [1.807, 2.05) is 55.5 Å². The highest BCUT2D eigenvalue weighted by molar-refractivity contribution is 5.94. The van der Waals surface area contributed by atoms with E-state index >= 15 is 0 Å². The molecule has 0 spiro atoms. The Morgan fingerprint density at radius 3 is 2.74 bits per heavy atom. The number of hydrogen-bond acceptors (Lipinski definition) is 8. The lowest BCUT2D eigenvalue weighted by Gasteiger charge is -2.27. The lowest BCUT2D eigenvalue weighted by Crippen LogP contribution is -2.37. The highest BCUT2D eigenvalue weighted by Crippen LogP contribution is 2.33. The van der Waals surface area contributed by atoms with Crippen LogP contribution in [0.15, 0.2) is 60.0 Å². The second kappa shape index (κ2) is 9.56. The third-order valence-electron chi connectivity index (χ3n) is 6.02. The molecule has 1 aromatic carbocycles. The Morgan fingerprint density at radius 1 is 1.18 bits per heavy atom. The number of likely N-dealkylation sites (N-methyl/N-ethyl adjacent to an activating group) is 1. The maximum Gasteiger partial charge on any atom is 0.251 e. The van der Waals surface area contributed by atoms with Crippen LogP contribution in [0, 0.1) is 0 Å². The molecule has 0 atom stereocenters. The number of rotatable bonds is 6. The van der Waals surface area contributed by atoms with Crippen molar-refractivity contribution < 1.29 is 9.53 Å². The summed E-state index contributed by atoms with van der Waals surface area (Å²) in [4.78, 5) is 23.9. The monoisotopic (exact) mass is 459 g/mol. The summed E-state index contributed by atoms with van der Waals surface area (Å²) in [6.07, 6.45) is 7.24. The van der Waals surface area contributed by atoms with E-state index in [2.05, 4.69) is 33.1 Å². The number of carbonyl (C=O) groups is 1. The number of hydrazine groups is 1. The van der Waals surface area contributed by atoms with Gasteiger partial charge in [-0.3, -0.25) is 9.80 Å². The van der Waals surface area contributed by atoms with Gasteiger partial charge in [0.2, 0.25) is 5.95 Å². The Morgan fingerprint density at radius 2 is 1.97 bits per heavy atom. The fourth-order valence-electron chi connectivity index (χ4n) is 4.16. The SMILES string of the molecule is CCNC(=O)c1ccc(Nc2cc(C3=CCC4=CNN(C)C4=C3)nc(N3CCOCC3)n2)cc1. The molecular formula is C25H29N7O2. The van der Waals surface area contributed by atoms with Gasteiger partial charge in [-0.1, -0.05) is 6.08 Å². The van der Waals surface area contributed by atoms with Crippen LogP contribution in [0.1, 0.15) is 29.4 Å². The van der Waals surface area contributed by atoms with Crippen LogP contribution >= 0.6 is 0 Å². The van der Waals surface area contributed by atoms with Gasteiger partial charge in [0.25, 0.3) is 5.91 Å². The molecule has 0 saturated carbocycles. The largest absolute Gasteiger partial charge is 0.378 e. The van der Waals surface area contributed by atoms with Crippen molar-refractivity contribution in [2.45, 2.75) is 13.3 Å². The highest BCUT2D eigenvalue weighted by Gasteiger charge is 2.22. The zero-order chi connectivity index (χ0) is 23.5. The number of nitrogens with zero attached hydrogens (tertiary/aromatic N) is 4. The topological polar surface area (TPSA) is 94.7 Å². The van der Waals surface area contributed by atoms with Crippen LogP contribution in [-0.4, -0.2) is 60.8 Å². The predicted octanol–water partition coefficient (Wildman–Crippen LogP) is 2.81. The van der Waals surface area contributed by atoms with Crippen molar-refractivity contribution in [2.75, 3.05) is 50.1 Å². The van der Waals surface area contributed by atoms with Gasteiger partial charge >= 0.3 is 0 Å². The molecule has 3 heterocycles. The zero-order valence-electron chi connectivity index (χ0n) is 19.5. The summed E-state index contributed by atoms with van der Waals surface area (Å²) in [5.41, 5.74) is 9.06. The molecule has 1 saturated heterocycles. The van der Waals surface area contributed by atoms with Crippen LogP contribution in [0.2, 0.25) is 0 Å². The minimum atomic E-state index is -0.0787. The number of allylic oxidation sites excluding steroid dienone is 4. The molecule has 3 aliphatic rings. The number of amides is 1. The van der Waals surface area contributed by atoms with E-state index in [1.54, 1.807) is 0 Å². The number of fused-ring (bicyclic) bond motifs is 1. The van der Waals surface area contributed by atoms with Gasteiger partial charge in [0.05, 0.1) is 24.6 Å². The van der Waals surface area contributed by atoms with Gasteiger partial charge in [-0.2, -0.15) is 4.98 Å². The lowest BCUT2D eigenvalue weighted by atomic mass is 9.98. The third-order valence-corrected chi connectivity index (χ3v) is 6.02. The van der Waals surface area contributed by atoms with E-state index in [0.717, 1.165) is 42.2 Å². The van der Waals surface area contributed by atoms with Crippen LogP contribution < -0.4 is 21.0 Å². The lowest BCUT2D eigenvalue weighted by molar-refractivity contribution is 0.0956. The smallest absolute Gasteiger partial charge is 0.251 e. The average Bonchev–Trinajstić information content (AvgIpc) is 3.25. The van der Waals surface area contributed by atoms with E-state index in [9.17, 15) is 4.79 Å². The Bertz CT molecular complexity index is 1160. The molecule has 0 bridgehead atoms. The molecule has 9 nitrogen and oxygen atoms in total. The van der Waals surface area contributed by atoms with E-state index in [0.29, 0.717) is 37.1 Å². The number of morpholine rings is 1. The third kappa shape index (κ3) is 4.60. The molecule has 2 aromatic rings. The van der Waals surface area contributed by atoms with Crippen molar-refractivity contribution in [3.63, 3.8) is 0 Å². The van der Waals surface area contributed by atoms with E-state index < -0.39 is 0 Å². The normalized spacial score (nSPS) is 17.3. The van der Waals surface area contributed by atoms with Crippen LogP contribution in [0.5, 0.6) is 0 Å². The van der Waals surface area contributed by atoms with Gasteiger partial charge in [-0.05, 0) is 54.8 Å². The van der Waals surface area contributed by atoms with Crippen molar-refractivity contribution in [3.05, 3.63) is 71.2 Å². The molecule has 1 amide bonds. The second-order valence-corrected chi connectivity index (χ2v) is 8.35. The first-order valence-corrected chi connectivity index (χ1v) is 11.6. The van der Waals surface area contributed by atoms with Crippen LogP contribution in [-0.2, 0) is 4.74 Å². The fourth-order valence-corrected chi connectivity index (χ4v) is 4.16. The summed E-state index contributed by atoms with van der Waals surface area (Å²) in [6.45, 7) is 5.34. The Hall–Kier alpha value is -3.85. The summed E-state index contributed by atoms with van der Waals surface area (Å²) < 4.78 is 5.52. The number of carbonyl (C=O) groups excluding carboxylic acids is 1. The van der Waals surface area contributed by atoms with E-state index in [-0.39, 0.29) is 5.91 Å². The van der Waals surface area contributed by atoms with Crippen molar-refractivity contribution in [3.8, 4) is 0 Å². The van der Waals surface area contributed by atoms with Gasteiger partial charge in [-0.15, -0.1) is 0 Å². The van der Waals surface area contributed by atoms with Crippen molar-refractivity contribution in [2.24, 2.45) is 0 Å². The van der Waals surface area contributed by atoms with Crippen LogP contribution in [0.25, 0.3) is 5.57 Å². The number of hydrogen-bond donors (Lipinski definition) is 3. The second-order valence-electron chi connectivity index (χ2n) is 8.35. The summed E-state index contributed by atoms with van der Waals surface area (Å²) >= 11 is 0. The number of nitrogens with one attached hydrogen (secondary N) is 3. The van der Waals surface area contributed by atoms with Crippen molar-refractivity contribution in [1.29, 1.82) is 0 Å². The molecule has 2 aliphatic heterocycles. The Kier molecular flexibility index (Phi) is 6.18. The maximum absolute atomic E-state index is 12.1. The fraction of sp³-hybridized carbons (Fsp3) is 0.320. The van der Waals surface area contributed by atoms with Crippen molar-refractivity contribution >= 4 is 28.9 Å². The van der Waals surface area contributed by atoms with Crippen LogP contribution in [0.3, 0.4) is 0 Å². The van der Waals surface area contributed by atoms with Gasteiger partial charge in [-0.25, -0.2) is 4.98 Å². The predicted molar refractivity (Wildman–Crippen MR) is 132 cm³/mol. The minimum Gasteiger partial charge on any atom is -0.378 e. The van der Waals surface area contributed by atoms with E-state index in [1.165, 1.54) is 5.57 Å². The molecule has 0 unspecified atom stereocenters. The summed E-state index contributed by atoms with van der Waals surface area (Å²) in [5, 5.41) is 8.23. The Labute approximate surface area is 199 Å². The first-order chi connectivity index (χ1) is 16.6.